The maximum atomic E-state index is 13.3. The van der Waals surface area contributed by atoms with Crippen LogP contribution in [-0.2, 0) is 4.79 Å². The van der Waals surface area contributed by atoms with Crippen molar-refractivity contribution in [3.63, 3.8) is 0 Å². The normalized spacial score (nSPS) is 21.6. The number of aliphatic imine (C=N–C) groups is 1. The second-order valence-electron chi connectivity index (χ2n) is 7.87. The summed E-state index contributed by atoms with van der Waals surface area (Å²) in [6.07, 6.45) is 2.31. The number of nitrogens with zero attached hydrogens (tertiary/aromatic N) is 5. The molecule has 0 aliphatic carbocycles. The summed E-state index contributed by atoms with van der Waals surface area (Å²) in [6, 6.07) is 7.71. The van der Waals surface area contributed by atoms with Gasteiger partial charge in [0.1, 0.15) is 11.9 Å². The first kappa shape index (κ1) is 20.3. The van der Waals surface area contributed by atoms with E-state index in [2.05, 4.69) is 10.1 Å². The van der Waals surface area contributed by atoms with Crippen molar-refractivity contribution < 1.29 is 9.18 Å². The molecule has 1 aromatic carbocycles. The molecule has 0 bridgehead atoms. The average molecular weight is 426 g/mol. The monoisotopic (exact) mass is 425 g/mol. The fourth-order valence-corrected chi connectivity index (χ4v) is 4.40. The average Bonchev–Trinajstić information content (AvgIpc) is 3.39. The quantitative estimate of drug-likeness (QED) is 0.730. The Morgan fingerprint density at radius 2 is 2.00 bits per heavy atom. The summed E-state index contributed by atoms with van der Waals surface area (Å²) < 4.78 is 15.1. The van der Waals surface area contributed by atoms with Crippen LogP contribution in [0.1, 0.15) is 38.8 Å². The van der Waals surface area contributed by atoms with Gasteiger partial charge in [-0.05, 0) is 49.1 Å². The predicted octanol–water partition coefficient (Wildman–Crippen LogP) is 4.35. The first-order chi connectivity index (χ1) is 14.3. The van der Waals surface area contributed by atoms with E-state index in [4.69, 9.17) is 11.6 Å². The molecule has 0 spiro atoms. The molecule has 1 aromatic heterocycles. The number of amides is 1. The minimum absolute atomic E-state index is 0.0488. The van der Waals surface area contributed by atoms with Crippen LogP contribution in [-0.4, -0.2) is 34.0 Å². The van der Waals surface area contributed by atoms with Crippen molar-refractivity contribution in [1.82, 2.24) is 9.78 Å². The largest absolute Gasteiger partial charge is 0.309 e. The molecule has 2 unspecified atom stereocenters. The molecule has 2 aromatic rings. The summed E-state index contributed by atoms with van der Waals surface area (Å²) in [5, 5.41) is 14.0. The van der Waals surface area contributed by atoms with Crippen LogP contribution in [0.2, 0.25) is 0 Å². The number of nitriles is 1. The second-order valence-corrected chi connectivity index (χ2v) is 8.25. The molecule has 2 aliphatic rings. The highest BCUT2D eigenvalue weighted by molar-refractivity contribution is 6.47. The molecule has 154 valence electrons. The van der Waals surface area contributed by atoms with Crippen LogP contribution in [0.5, 0.6) is 0 Å². The molecule has 3 heterocycles. The minimum atomic E-state index is -0.403. The summed E-state index contributed by atoms with van der Waals surface area (Å²) >= 11 is 6.21. The van der Waals surface area contributed by atoms with Gasteiger partial charge in [0.25, 0.3) is 0 Å². The summed E-state index contributed by atoms with van der Waals surface area (Å²) in [7, 11) is 0. The van der Waals surface area contributed by atoms with Crippen molar-refractivity contribution in [2.75, 3.05) is 11.4 Å². The topological polar surface area (TPSA) is 74.3 Å². The number of carbonyl (C=O) groups excluding carboxylic acids is 1. The first-order valence-electron chi connectivity index (χ1n) is 9.83. The van der Waals surface area contributed by atoms with E-state index in [1.807, 2.05) is 26.8 Å². The highest BCUT2D eigenvalue weighted by Gasteiger charge is 2.43. The second kappa shape index (κ2) is 7.69. The lowest BCUT2D eigenvalue weighted by Crippen LogP contribution is -2.32. The van der Waals surface area contributed by atoms with E-state index in [0.29, 0.717) is 18.0 Å². The molecule has 0 saturated carbocycles. The van der Waals surface area contributed by atoms with Crippen LogP contribution in [0.15, 0.2) is 46.1 Å². The van der Waals surface area contributed by atoms with Gasteiger partial charge in [-0.2, -0.15) is 10.4 Å². The van der Waals surface area contributed by atoms with Gasteiger partial charge in [0.05, 0.1) is 40.3 Å². The third-order valence-corrected chi connectivity index (χ3v) is 6.17. The summed E-state index contributed by atoms with van der Waals surface area (Å²) in [6.45, 7) is 6.43. The predicted molar refractivity (Wildman–Crippen MR) is 113 cm³/mol. The maximum absolute atomic E-state index is 13.3. The van der Waals surface area contributed by atoms with Gasteiger partial charge in [-0.1, -0.05) is 25.4 Å². The van der Waals surface area contributed by atoms with Crippen LogP contribution < -0.4 is 4.90 Å². The Hall–Kier alpha value is -2.98. The highest BCUT2D eigenvalue weighted by atomic mass is 35.5. The summed E-state index contributed by atoms with van der Waals surface area (Å²) in [5.74, 6) is -0.637. The number of hydrogen-bond donors (Lipinski definition) is 0. The van der Waals surface area contributed by atoms with E-state index in [1.165, 1.54) is 12.1 Å². The number of hydrogen-bond acceptors (Lipinski definition) is 4. The standard InChI is InChI=1S/C22H21ClFN5O/c1-12(2)21-18(11-26-29(21)15-6-4-14(24)5-7-15)28-9-8-16(22(28)30)20-13(3)19(23)17(10-25)27-20/h4-7,11-12,16,20H,8-9H2,1-3H3. The molecule has 6 nitrogen and oxygen atoms in total. The zero-order valence-corrected chi connectivity index (χ0v) is 17.7. The Morgan fingerprint density at radius 3 is 2.60 bits per heavy atom. The molecule has 8 heteroatoms. The molecule has 0 N–H and O–H groups in total. The third-order valence-electron chi connectivity index (χ3n) is 5.69. The number of benzene rings is 1. The van der Waals surface area contributed by atoms with E-state index >= 15 is 0 Å². The van der Waals surface area contributed by atoms with E-state index < -0.39 is 6.04 Å². The van der Waals surface area contributed by atoms with Crippen molar-refractivity contribution in [3.05, 3.63) is 52.6 Å². The number of carbonyl (C=O) groups is 1. The van der Waals surface area contributed by atoms with Crippen LogP contribution >= 0.6 is 11.6 Å². The Balaban J connectivity index is 1.68. The fourth-order valence-electron chi connectivity index (χ4n) is 4.20. The first-order valence-corrected chi connectivity index (χ1v) is 10.2. The number of allylic oxidation sites excluding steroid dienone is 1. The van der Waals surface area contributed by atoms with Crippen molar-refractivity contribution in [2.45, 2.75) is 39.2 Å². The van der Waals surface area contributed by atoms with Gasteiger partial charge in [-0.3, -0.25) is 9.79 Å². The van der Waals surface area contributed by atoms with E-state index in [-0.39, 0.29) is 29.3 Å². The van der Waals surface area contributed by atoms with Gasteiger partial charge in [0, 0.05) is 6.54 Å². The molecule has 2 atom stereocenters. The summed E-state index contributed by atoms with van der Waals surface area (Å²) in [5.41, 5.74) is 3.32. The Morgan fingerprint density at radius 1 is 1.30 bits per heavy atom. The molecule has 1 fully saturated rings. The zero-order chi connectivity index (χ0) is 21.6. The Kier molecular flexibility index (Phi) is 5.20. The van der Waals surface area contributed by atoms with Crippen LogP contribution in [0.25, 0.3) is 5.69 Å². The molecule has 4 rings (SSSR count). The third kappa shape index (κ3) is 3.21. The van der Waals surface area contributed by atoms with E-state index in [9.17, 15) is 14.4 Å². The van der Waals surface area contributed by atoms with Crippen molar-refractivity contribution >= 4 is 28.9 Å². The van der Waals surface area contributed by atoms with Gasteiger partial charge in [-0.25, -0.2) is 9.07 Å². The lowest BCUT2D eigenvalue weighted by Gasteiger charge is -2.21. The van der Waals surface area contributed by atoms with Crippen molar-refractivity contribution in [2.24, 2.45) is 10.9 Å². The van der Waals surface area contributed by atoms with Gasteiger partial charge >= 0.3 is 0 Å². The van der Waals surface area contributed by atoms with Crippen LogP contribution in [0.4, 0.5) is 10.1 Å². The van der Waals surface area contributed by atoms with Gasteiger partial charge in [0.15, 0.2) is 5.71 Å². The van der Waals surface area contributed by atoms with Crippen molar-refractivity contribution in [1.29, 1.82) is 5.26 Å². The van der Waals surface area contributed by atoms with Crippen molar-refractivity contribution in [3.8, 4) is 11.8 Å². The van der Waals surface area contributed by atoms with Gasteiger partial charge < -0.3 is 4.90 Å². The van der Waals surface area contributed by atoms with E-state index in [0.717, 1.165) is 22.6 Å². The molecule has 30 heavy (non-hydrogen) atoms. The number of anilines is 1. The van der Waals surface area contributed by atoms with Gasteiger partial charge in [-0.15, -0.1) is 0 Å². The fraction of sp³-hybridized carbons (Fsp3) is 0.364. The van der Waals surface area contributed by atoms with Crippen LogP contribution in [0.3, 0.4) is 0 Å². The smallest absolute Gasteiger partial charge is 0.232 e. The summed E-state index contributed by atoms with van der Waals surface area (Å²) in [4.78, 5) is 19.5. The molecule has 0 radical (unpaired) electrons. The lowest BCUT2D eigenvalue weighted by atomic mass is 9.94. The van der Waals surface area contributed by atoms with Gasteiger partial charge in [0.2, 0.25) is 5.91 Å². The molecule has 1 saturated heterocycles. The number of aromatic nitrogens is 2. The zero-order valence-electron chi connectivity index (χ0n) is 16.9. The molecule has 2 aliphatic heterocycles. The molecular weight excluding hydrogens is 405 g/mol. The van der Waals surface area contributed by atoms with Crippen LogP contribution in [0, 0.1) is 23.1 Å². The maximum Gasteiger partial charge on any atom is 0.232 e. The molecule has 1 amide bonds. The lowest BCUT2D eigenvalue weighted by molar-refractivity contribution is -0.120. The van der Waals surface area contributed by atoms with E-state index in [1.54, 1.807) is 27.9 Å². The SMILES string of the molecule is CC1=C(Cl)C(C#N)=NC1C1CCN(c2cnn(-c3ccc(F)cc3)c2C(C)C)C1=O. The number of halogens is 2. The number of rotatable bonds is 4. The minimum Gasteiger partial charge on any atom is -0.309 e. The highest BCUT2D eigenvalue weighted by Crippen LogP contribution is 2.38. The Bertz CT molecular complexity index is 1110. The Labute approximate surface area is 179 Å². The molecular formula is C22H21ClFN5O.